The maximum Gasteiger partial charge on any atom is 0.318 e. The summed E-state index contributed by atoms with van der Waals surface area (Å²) in [6, 6.07) is 18.4. The molecule has 0 aliphatic carbocycles. The Kier molecular flexibility index (Phi) is 15.2. The maximum absolute atomic E-state index is 13.4. The van der Waals surface area contributed by atoms with Crippen molar-refractivity contribution in [2.75, 3.05) is 13.4 Å². The van der Waals surface area contributed by atoms with Crippen LogP contribution in [0.4, 0.5) is 0 Å². The highest BCUT2D eigenvalue weighted by molar-refractivity contribution is 7.32. The number of amides is 4. The van der Waals surface area contributed by atoms with Crippen LogP contribution >= 0.6 is 8.25 Å². The number of benzene rings is 2. The average Bonchev–Trinajstić information content (AvgIpc) is 3.56. The smallest absolute Gasteiger partial charge is 0.318 e. The van der Waals surface area contributed by atoms with Gasteiger partial charge in [-0.05, 0) is 42.7 Å². The van der Waals surface area contributed by atoms with Gasteiger partial charge in [-0.25, -0.2) is 5.06 Å². The zero-order valence-corrected chi connectivity index (χ0v) is 26.9. The minimum atomic E-state index is -3.14. The van der Waals surface area contributed by atoms with Crippen molar-refractivity contribution >= 4 is 32.4 Å². The van der Waals surface area contributed by atoms with E-state index in [0.717, 1.165) is 24.8 Å². The molecule has 13 nitrogen and oxygen atoms in total. The number of hydrogen-bond donors (Lipinski definition) is 4. The standard InChI is InChI=1S/C32H41N4O9P/c1-3-5-7-12-26(27(4-2)36(22-37)43-19-23-10-8-6-9-11-23)31(39)33-20-34-32(40)29-18-17-28(45-29)24-13-15-25(16-14-24)30(38)35-21-44-46(41)42/h6,8-11,13-18,22,26-27,46H,3-5,7,12,19-21H2,1-2H3,(H,33,39)(H,34,40)(H,35,38)(H,41,42). The van der Waals surface area contributed by atoms with E-state index in [9.17, 15) is 23.7 Å². The number of rotatable bonds is 20. The Morgan fingerprint density at radius 3 is 2.35 bits per heavy atom. The van der Waals surface area contributed by atoms with Crippen molar-refractivity contribution in [3.05, 3.63) is 83.6 Å². The van der Waals surface area contributed by atoms with E-state index in [4.69, 9.17) is 14.1 Å². The maximum atomic E-state index is 13.4. The largest absolute Gasteiger partial charge is 0.451 e. The number of furan rings is 1. The molecule has 3 atom stereocenters. The lowest BCUT2D eigenvalue weighted by Gasteiger charge is -2.32. The zero-order valence-electron chi connectivity index (χ0n) is 25.9. The van der Waals surface area contributed by atoms with E-state index in [-0.39, 0.29) is 24.9 Å². The molecule has 0 saturated carbocycles. The summed E-state index contributed by atoms with van der Waals surface area (Å²) >= 11 is 0. The van der Waals surface area contributed by atoms with E-state index in [2.05, 4.69) is 27.4 Å². The lowest BCUT2D eigenvalue weighted by Crippen LogP contribution is -2.48. The minimum absolute atomic E-state index is 0.0230. The third kappa shape index (κ3) is 11.3. The molecule has 4 N–H and O–H groups in total. The molecule has 3 unspecified atom stereocenters. The zero-order chi connectivity index (χ0) is 33.3. The lowest BCUT2D eigenvalue weighted by molar-refractivity contribution is -0.200. The normalized spacial score (nSPS) is 12.8. The molecule has 4 amide bonds. The highest BCUT2D eigenvalue weighted by atomic mass is 31.1. The number of carbonyl (C=O) groups excluding carboxylic acids is 4. The number of hydroxylamine groups is 2. The summed E-state index contributed by atoms with van der Waals surface area (Å²) in [7, 11) is -3.14. The van der Waals surface area contributed by atoms with Crippen LogP contribution in [0.25, 0.3) is 11.3 Å². The molecule has 0 aliphatic heterocycles. The van der Waals surface area contributed by atoms with Crippen molar-refractivity contribution < 1.29 is 42.4 Å². The van der Waals surface area contributed by atoms with E-state index < -0.39 is 38.8 Å². The van der Waals surface area contributed by atoms with Crippen LogP contribution in [0.3, 0.4) is 0 Å². The van der Waals surface area contributed by atoms with Gasteiger partial charge in [0.25, 0.3) is 11.8 Å². The molecule has 248 valence electrons. The first-order valence-electron chi connectivity index (χ1n) is 15.1. The SMILES string of the molecule is CCCCCC(C(=O)NCNC(=O)c1ccc(-c2ccc(C(=O)NCO[PH](=O)O)cc2)o1)C(CC)N(C=O)OCc1ccccc1. The number of nitrogens with one attached hydrogen (secondary N) is 3. The highest BCUT2D eigenvalue weighted by Crippen LogP contribution is 2.24. The van der Waals surface area contributed by atoms with Gasteiger partial charge in [-0.1, -0.05) is 75.6 Å². The van der Waals surface area contributed by atoms with Crippen molar-refractivity contribution in [3.63, 3.8) is 0 Å². The van der Waals surface area contributed by atoms with Gasteiger partial charge in [0, 0.05) is 11.1 Å². The van der Waals surface area contributed by atoms with Gasteiger partial charge in [0.05, 0.1) is 18.6 Å². The summed E-state index contributed by atoms with van der Waals surface area (Å²) in [6.45, 7) is 3.60. The van der Waals surface area contributed by atoms with E-state index in [0.29, 0.717) is 36.1 Å². The molecule has 0 fully saturated rings. The topological polar surface area (TPSA) is 177 Å². The van der Waals surface area contributed by atoms with Crippen molar-refractivity contribution in [2.24, 2.45) is 5.92 Å². The molecular weight excluding hydrogens is 615 g/mol. The molecule has 1 aromatic heterocycles. The predicted octanol–water partition coefficient (Wildman–Crippen LogP) is 4.40. The molecule has 0 bridgehead atoms. The Hall–Kier alpha value is -4.29. The van der Waals surface area contributed by atoms with Crippen molar-refractivity contribution in [2.45, 2.75) is 58.6 Å². The van der Waals surface area contributed by atoms with E-state index >= 15 is 0 Å². The molecule has 3 aromatic rings. The van der Waals surface area contributed by atoms with Gasteiger partial charge in [-0.15, -0.1) is 0 Å². The number of hydrogen-bond acceptors (Lipinski definition) is 8. The molecule has 2 aromatic carbocycles. The van der Waals surface area contributed by atoms with Crippen LogP contribution in [0.15, 0.2) is 71.1 Å². The summed E-state index contributed by atoms with van der Waals surface area (Å²) in [5, 5.41) is 8.98. The summed E-state index contributed by atoms with van der Waals surface area (Å²) in [6.07, 6.45) is 4.35. The second kappa shape index (κ2) is 19.3. The summed E-state index contributed by atoms with van der Waals surface area (Å²) in [4.78, 5) is 64.7. The molecule has 1 heterocycles. The first-order chi connectivity index (χ1) is 22.3. The Morgan fingerprint density at radius 1 is 0.957 bits per heavy atom. The van der Waals surface area contributed by atoms with Crippen LogP contribution in [0.5, 0.6) is 0 Å². The fourth-order valence-electron chi connectivity index (χ4n) is 4.78. The Morgan fingerprint density at radius 2 is 1.70 bits per heavy atom. The lowest BCUT2D eigenvalue weighted by atomic mass is 9.90. The van der Waals surface area contributed by atoms with E-state index in [1.54, 1.807) is 18.2 Å². The fraction of sp³-hybridized carbons (Fsp3) is 0.375. The van der Waals surface area contributed by atoms with Gasteiger partial charge in [-0.3, -0.25) is 33.1 Å². The third-order valence-electron chi connectivity index (χ3n) is 7.19. The summed E-state index contributed by atoms with van der Waals surface area (Å²) in [5.74, 6) is -1.49. The van der Waals surface area contributed by atoms with Gasteiger partial charge in [0.15, 0.2) is 5.76 Å². The quantitative estimate of drug-likeness (QED) is 0.0451. The van der Waals surface area contributed by atoms with Crippen LogP contribution in [-0.4, -0.2) is 53.5 Å². The molecule has 46 heavy (non-hydrogen) atoms. The molecule has 0 spiro atoms. The Balaban J connectivity index is 1.57. The van der Waals surface area contributed by atoms with Crippen molar-refractivity contribution in [1.29, 1.82) is 0 Å². The Bertz CT molecular complexity index is 1430. The second-order valence-corrected chi connectivity index (χ2v) is 11.1. The molecule has 14 heteroatoms. The van der Waals surface area contributed by atoms with Crippen LogP contribution < -0.4 is 16.0 Å². The van der Waals surface area contributed by atoms with Gasteiger partial charge in [0.1, 0.15) is 19.1 Å². The van der Waals surface area contributed by atoms with Crippen LogP contribution in [0.2, 0.25) is 0 Å². The van der Waals surface area contributed by atoms with Crippen LogP contribution in [0.1, 0.15) is 72.4 Å². The Labute approximate surface area is 268 Å². The van der Waals surface area contributed by atoms with Gasteiger partial charge in [-0.2, -0.15) is 0 Å². The monoisotopic (exact) mass is 656 g/mol. The average molecular weight is 657 g/mol. The minimum Gasteiger partial charge on any atom is -0.451 e. The summed E-state index contributed by atoms with van der Waals surface area (Å²) in [5.41, 5.74) is 1.80. The predicted molar refractivity (Wildman–Crippen MR) is 170 cm³/mol. The van der Waals surface area contributed by atoms with Crippen LogP contribution in [0, 0.1) is 5.92 Å². The highest BCUT2D eigenvalue weighted by Gasteiger charge is 2.32. The van der Waals surface area contributed by atoms with Crippen molar-refractivity contribution in [3.8, 4) is 11.3 Å². The molecule has 0 radical (unpaired) electrons. The molecule has 0 aliphatic rings. The first-order valence-corrected chi connectivity index (χ1v) is 16.3. The number of nitrogens with zero attached hydrogens (tertiary/aromatic N) is 1. The molecule has 3 rings (SSSR count). The number of unbranched alkanes of at least 4 members (excludes halogenated alkanes) is 2. The fourth-order valence-corrected chi connectivity index (χ4v) is 4.97. The first kappa shape index (κ1) is 36.2. The van der Waals surface area contributed by atoms with E-state index in [1.807, 2.05) is 37.3 Å². The van der Waals surface area contributed by atoms with Gasteiger partial charge >= 0.3 is 8.25 Å². The van der Waals surface area contributed by atoms with Crippen LogP contribution in [-0.2, 0) is 30.1 Å². The third-order valence-corrected chi connectivity index (χ3v) is 7.58. The summed E-state index contributed by atoms with van der Waals surface area (Å²) < 4.78 is 20.7. The van der Waals surface area contributed by atoms with Gasteiger partial charge < -0.3 is 25.3 Å². The van der Waals surface area contributed by atoms with Crippen molar-refractivity contribution in [1.82, 2.24) is 21.0 Å². The number of carbonyl (C=O) groups is 4. The van der Waals surface area contributed by atoms with E-state index in [1.165, 1.54) is 23.3 Å². The molecule has 0 saturated heterocycles. The second-order valence-electron chi connectivity index (χ2n) is 10.3. The van der Waals surface area contributed by atoms with Gasteiger partial charge in [0.2, 0.25) is 12.3 Å². The molecular formula is C32H41N4O9P.